The number of nitrogens with one attached hydrogen (secondary N) is 1. The molecular weight excluding hydrogens is 670 g/mol. The van der Waals surface area contributed by atoms with E-state index in [9.17, 15) is 35.9 Å². The van der Waals surface area contributed by atoms with Gasteiger partial charge in [0.25, 0.3) is 0 Å². The first-order valence-corrected chi connectivity index (χ1v) is 15.1. The molecule has 1 fully saturated rings. The summed E-state index contributed by atoms with van der Waals surface area (Å²) < 4.78 is 114. The molecule has 1 N–H and O–H groups in total. The monoisotopic (exact) mass is 698 g/mol. The lowest BCUT2D eigenvalue weighted by Crippen LogP contribution is -2.32. The number of fused-ring (bicyclic) bond motifs is 6. The van der Waals surface area contributed by atoms with Crippen LogP contribution >= 0.6 is 0 Å². The lowest BCUT2D eigenvalue weighted by molar-refractivity contribution is -0.138. The van der Waals surface area contributed by atoms with Crippen LogP contribution in [-0.4, -0.2) is 71.1 Å². The Morgan fingerprint density at radius 3 is 2.29 bits per heavy atom. The number of aromatic nitrogens is 4. The normalized spacial score (nSPS) is 16.2. The lowest BCUT2D eigenvalue weighted by Gasteiger charge is -2.22. The first-order valence-electron chi connectivity index (χ1n) is 15.1. The van der Waals surface area contributed by atoms with Crippen molar-refractivity contribution in [3.63, 3.8) is 0 Å². The number of hydrogen-bond acceptors (Lipinski definition) is 10. The molecule has 1 aliphatic carbocycles. The van der Waals surface area contributed by atoms with Gasteiger partial charge in [-0.1, -0.05) is 0 Å². The number of nitrogens with zero attached hydrogens (tertiary/aromatic N) is 3. The van der Waals surface area contributed by atoms with Gasteiger partial charge in [0.05, 0.1) is 62.4 Å². The molecule has 1 atom stereocenters. The summed E-state index contributed by atoms with van der Waals surface area (Å²) in [6, 6.07) is 2.99. The van der Waals surface area contributed by atoms with Gasteiger partial charge in [-0.15, -0.1) is 0 Å². The first kappa shape index (κ1) is 34.0. The summed E-state index contributed by atoms with van der Waals surface area (Å²) in [5.74, 6) is -3.80. The van der Waals surface area contributed by atoms with Crippen LogP contribution in [0, 0.1) is 0 Å². The summed E-state index contributed by atoms with van der Waals surface area (Å²) in [4.78, 5) is 23.8. The quantitative estimate of drug-likeness (QED) is 0.157. The van der Waals surface area contributed by atoms with Gasteiger partial charge >= 0.3 is 24.3 Å². The van der Waals surface area contributed by atoms with Crippen LogP contribution in [0.15, 0.2) is 33.4 Å². The number of carbonyl (C=O) groups excluding carboxylic acids is 2. The van der Waals surface area contributed by atoms with Crippen molar-refractivity contribution in [3.05, 3.63) is 58.5 Å². The zero-order chi connectivity index (χ0) is 35.1. The number of carbonyl (C=O) groups is 2. The van der Waals surface area contributed by atoms with Crippen LogP contribution in [-0.2, 0) is 50.7 Å². The van der Waals surface area contributed by atoms with Crippen molar-refractivity contribution in [2.24, 2.45) is 0 Å². The third-order valence-electron chi connectivity index (χ3n) is 7.71. The molecule has 1 saturated heterocycles. The van der Waals surface area contributed by atoms with Crippen LogP contribution < -0.4 is 0 Å². The molecule has 12 nitrogen and oxygen atoms in total. The van der Waals surface area contributed by atoms with Gasteiger partial charge in [-0.25, -0.2) is 9.59 Å². The lowest BCUT2D eigenvalue weighted by atomic mass is 9.93. The van der Waals surface area contributed by atoms with Crippen LogP contribution in [0.1, 0.15) is 57.4 Å². The molecule has 1 aromatic carbocycles. The summed E-state index contributed by atoms with van der Waals surface area (Å²) in [6.45, 7) is 4.61. The molecule has 0 spiro atoms. The molecule has 0 radical (unpaired) electrons. The van der Waals surface area contributed by atoms with Crippen molar-refractivity contribution >= 4 is 33.8 Å². The molecule has 0 bridgehead atoms. The predicted octanol–water partition coefficient (Wildman–Crippen LogP) is 6.36. The molecule has 262 valence electrons. The fourth-order valence-corrected chi connectivity index (χ4v) is 5.77. The predicted molar refractivity (Wildman–Crippen MR) is 156 cm³/mol. The summed E-state index contributed by atoms with van der Waals surface area (Å²) >= 11 is 0. The molecule has 0 unspecified atom stereocenters. The van der Waals surface area contributed by atoms with Gasteiger partial charge in [0, 0.05) is 18.0 Å². The number of halogens is 6. The fourth-order valence-electron chi connectivity index (χ4n) is 5.77. The second-order valence-corrected chi connectivity index (χ2v) is 10.9. The number of ether oxygens (including phenoxy) is 4. The van der Waals surface area contributed by atoms with Gasteiger partial charge in [0.15, 0.2) is 0 Å². The topological polar surface area (TPSA) is 144 Å². The number of alkyl halides is 6. The van der Waals surface area contributed by atoms with Gasteiger partial charge in [-0.05, 0) is 38.0 Å². The van der Waals surface area contributed by atoms with Crippen LogP contribution in [0.4, 0.5) is 26.3 Å². The Hall–Kier alpha value is -4.84. The fraction of sp³-hybridized carbons (Fsp3) is 0.419. The second-order valence-electron chi connectivity index (χ2n) is 10.9. The maximum absolute atomic E-state index is 13.8. The summed E-state index contributed by atoms with van der Waals surface area (Å²) in [6.07, 6.45) is -5.87. The standard InChI is InChI=1S/C18H17F3N2O5.C13H11F3N2O3/c1-2-26-17(24)16-14(18(19,20)21)13-12(28-16)4-3-10-7-23(22-15(10)13)8-11-9-25-5-6-27-11;1-2-20-12(19)11-9(13(14,15)16)8-7(21-11)4-3-6-5-17-18-10(6)8/h3-4,7,11H,2,5-6,8-9H2,1H3;5H,2-4H2,1H3,(H,17,18)/t11-;/m0./s1. The average molecular weight is 699 g/mol. The Bertz CT molecular complexity index is 2000. The van der Waals surface area contributed by atoms with E-state index >= 15 is 0 Å². The van der Waals surface area contributed by atoms with Gasteiger partial charge in [-0.3, -0.25) is 9.78 Å². The number of aromatic amines is 1. The van der Waals surface area contributed by atoms with E-state index in [1.807, 2.05) is 0 Å². The molecule has 18 heteroatoms. The molecule has 49 heavy (non-hydrogen) atoms. The smallest absolute Gasteiger partial charge is 0.421 e. The summed E-state index contributed by atoms with van der Waals surface area (Å²) in [7, 11) is 0. The maximum Gasteiger partial charge on any atom is 0.421 e. The highest BCUT2D eigenvalue weighted by Crippen LogP contribution is 2.46. The SMILES string of the molecule is CCOC(=O)c1oc2c(c1C(F)(F)F)-c1[nH]ncc1CC2.CCOC(=O)c1oc2ccc3cn(C[C@H]4COCCO4)nc3c2c1C(F)(F)F. The number of H-pyrrole nitrogens is 1. The molecule has 0 amide bonds. The number of esters is 2. The molecule has 4 aromatic heterocycles. The zero-order valence-corrected chi connectivity index (χ0v) is 25.9. The maximum atomic E-state index is 13.8. The van der Waals surface area contributed by atoms with Gasteiger partial charge in [-0.2, -0.15) is 36.5 Å². The van der Waals surface area contributed by atoms with E-state index < -0.39 is 46.9 Å². The van der Waals surface area contributed by atoms with E-state index in [4.69, 9.17) is 23.0 Å². The highest BCUT2D eigenvalue weighted by Gasteiger charge is 2.46. The minimum absolute atomic E-state index is 0.0309. The summed E-state index contributed by atoms with van der Waals surface area (Å²) in [5.41, 5.74) is -1.46. The third-order valence-corrected chi connectivity index (χ3v) is 7.71. The average Bonchev–Trinajstić information content (AvgIpc) is 3.83. The van der Waals surface area contributed by atoms with Gasteiger partial charge < -0.3 is 27.8 Å². The van der Waals surface area contributed by atoms with Crippen LogP contribution in [0.5, 0.6) is 0 Å². The number of benzene rings is 1. The molecule has 5 heterocycles. The number of rotatable bonds is 6. The van der Waals surface area contributed by atoms with E-state index in [1.54, 1.807) is 12.3 Å². The number of furan rings is 2. The third kappa shape index (κ3) is 6.61. The van der Waals surface area contributed by atoms with Crippen molar-refractivity contribution < 1.29 is 63.7 Å². The van der Waals surface area contributed by atoms with E-state index in [-0.39, 0.29) is 59.2 Å². The Kier molecular flexibility index (Phi) is 9.19. The van der Waals surface area contributed by atoms with Crippen molar-refractivity contribution in [2.75, 3.05) is 33.0 Å². The Morgan fingerprint density at radius 1 is 0.959 bits per heavy atom. The van der Waals surface area contributed by atoms with E-state index in [0.29, 0.717) is 43.7 Å². The van der Waals surface area contributed by atoms with Crippen molar-refractivity contribution in [1.82, 2.24) is 20.0 Å². The summed E-state index contributed by atoms with van der Waals surface area (Å²) in [5, 5.41) is 10.8. The van der Waals surface area contributed by atoms with Crippen LogP contribution in [0.25, 0.3) is 33.1 Å². The highest BCUT2D eigenvalue weighted by atomic mass is 19.4. The van der Waals surface area contributed by atoms with Crippen LogP contribution in [0.2, 0.25) is 0 Å². The Balaban J connectivity index is 0.000000177. The number of hydrogen-bond donors (Lipinski definition) is 1. The van der Waals surface area contributed by atoms with Crippen molar-refractivity contribution in [1.29, 1.82) is 0 Å². The minimum atomic E-state index is -4.81. The van der Waals surface area contributed by atoms with E-state index in [2.05, 4.69) is 20.0 Å². The molecule has 2 aliphatic rings. The second kappa shape index (κ2) is 13.2. The van der Waals surface area contributed by atoms with Gasteiger partial charge in [0.2, 0.25) is 11.5 Å². The van der Waals surface area contributed by atoms with Crippen LogP contribution in [0.3, 0.4) is 0 Å². The Labute approximate surface area is 272 Å². The molecule has 0 saturated carbocycles. The zero-order valence-electron chi connectivity index (χ0n) is 25.9. The largest absolute Gasteiger partial charge is 0.460 e. The highest BCUT2D eigenvalue weighted by molar-refractivity contribution is 6.09. The van der Waals surface area contributed by atoms with E-state index in [1.165, 1.54) is 30.8 Å². The van der Waals surface area contributed by atoms with Crippen molar-refractivity contribution in [3.8, 4) is 11.3 Å². The molecule has 5 aromatic rings. The minimum Gasteiger partial charge on any atom is -0.460 e. The van der Waals surface area contributed by atoms with E-state index in [0.717, 1.165) is 0 Å². The Morgan fingerprint density at radius 2 is 1.65 bits per heavy atom. The molecule has 7 rings (SSSR count). The first-order chi connectivity index (χ1) is 23.3. The number of aryl methyl sites for hydroxylation is 2. The van der Waals surface area contributed by atoms with Gasteiger partial charge in [0.1, 0.15) is 34.1 Å². The molecule has 1 aliphatic heterocycles. The molecular formula is C31H28F6N4O8. The van der Waals surface area contributed by atoms with Crippen molar-refractivity contribution in [2.45, 2.75) is 51.7 Å².